The second kappa shape index (κ2) is 16.0. The molecule has 3 saturated carbocycles. The van der Waals surface area contributed by atoms with Crippen molar-refractivity contribution >= 4 is 23.4 Å². The Bertz CT molecular complexity index is 1310. The minimum Gasteiger partial charge on any atom is -0.394 e. The molecule has 9 nitrogen and oxygen atoms in total. The predicted molar refractivity (Wildman–Crippen MR) is 176 cm³/mol. The van der Waals surface area contributed by atoms with E-state index >= 15 is 4.39 Å². The van der Waals surface area contributed by atoms with Crippen molar-refractivity contribution < 1.29 is 23.9 Å². The van der Waals surface area contributed by atoms with E-state index in [0.29, 0.717) is 29.6 Å². The molecule has 1 aromatic heterocycles. The van der Waals surface area contributed by atoms with Crippen LogP contribution < -0.4 is 16.0 Å². The van der Waals surface area contributed by atoms with E-state index in [9.17, 15) is 19.5 Å². The van der Waals surface area contributed by atoms with Gasteiger partial charge in [0.25, 0.3) is 5.91 Å². The third-order valence-electron chi connectivity index (χ3n) is 11.0. The van der Waals surface area contributed by atoms with Gasteiger partial charge in [0.2, 0.25) is 11.8 Å². The quantitative estimate of drug-likeness (QED) is 0.217. The van der Waals surface area contributed by atoms with Gasteiger partial charge in [0, 0.05) is 12.7 Å². The molecule has 3 aliphatic carbocycles. The molecule has 0 spiro atoms. The van der Waals surface area contributed by atoms with Crippen molar-refractivity contribution in [3.8, 4) is 0 Å². The number of aryl methyl sites for hydroxylation is 1. The molecule has 1 aromatic carbocycles. The van der Waals surface area contributed by atoms with Crippen LogP contribution in [0.4, 0.5) is 10.1 Å². The molecule has 0 bridgehead atoms. The Morgan fingerprint density at radius 3 is 2.07 bits per heavy atom. The highest BCUT2D eigenvalue weighted by atomic mass is 19.1. The molecule has 10 heteroatoms. The Balaban J connectivity index is 1.37. The molecule has 1 heterocycles. The average molecular weight is 638 g/mol. The van der Waals surface area contributed by atoms with Crippen LogP contribution in [0.1, 0.15) is 119 Å². The number of rotatable bonds is 13. The third-order valence-corrected chi connectivity index (χ3v) is 11.0. The maximum absolute atomic E-state index is 15.6. The highest BCUT2D eigenvalue weighted by molar-refractivity contribution is 6.01. The number of aliphatic hydroxyl groups is 1. The number of hydrogen-bond donors (Lipinski definition) is 4. The molecule has 0 radical (unpaired) electrons. The first-order valence-electron chi connectivity index (χ1n) is 17.6. The Morgan fingerprint density at radius 1 is 0.891 bits per heavy atom. The number of anilines is 1. The minimum absolute atomic E-state index is 0.0212. The fourth-order valence-corrected chi connectivity index (χ4v) is 8.02. The second-order valence-electron chi connectivity index (χ2n) is 13.8. The average Bonchev–Trinajstić information content (AvgIpc) is 3.54. The normalized spacial score (nSPS) is 20.0. The number of carbonyl (C=O) groups is 3. The van der Waals surface area contributed by atoms with Gasteiger partial charge in [-0.05, 0) is 74.1 Å². The second-order valence-corrected chi connectivity index (χ2v) is 13.8. The van der Waals surface area contributed by atoms with Crippen molar-refractivity contribution in [2.45, 2.75) is 122 Å². The number of aromatic nitrogens is 2. The number of nitrogens with zero attached hydrogens (tertiary/aromatic N) is 2. The largest absolute Gasteiger partial charge is 0.394 e. The van der Waals surface area contributed by atoms with Gasteiger partial charge < -0.3 is 21.1 Å². The molecule has 3 aliphatic rings. The van der Waals surface area contributed by atoms with E-state index in [1.54, 1.807) is 29.9 Å². The summed E-state index contributed by atoms with van der Waals surface area (Å²) in [6.45, 7) is 4.03. The van der Waals surface area contributed by atoms with Gasteiger partial charge in [-0.2, -0.15) is 5.10 Å². The lowest BCUT2D eigenvalue weighted by Crippen LogP contribution is -2.53. The molecule has 3 amide bonds. The van der Waals surface area contributed by atoms with E-state index in [1.165, 1.54) is 25.0 Å². The van der Waals surface area contributed by atoms with Crippen LogP contribution in [0.25, 0.3) is 0 Å². The zero-order valence-corrected chi connectivity index (χ0v) is 27.5. The summed E-state index contributed by atoms with van der Waals surface area (Å²) in [6.07, 6.45) is 15.5. The first-order chi connectivity index (χ1) is 22.3. The number of nitrogens with one attached hydrogen (secondary N) is 3. The number of hydrogen-bond acceptors (Lipinski definition) is 5. The molecular formula is C36H52FN5O4. The summed E-state index contributed by atoms with van der Waals surface area (Å²) in [5.74, 6) is -1.47. The minimum atomic E-state index is -0.829. The van der Waals surface area contributed by atoms with Crippen LogP contribution in [0.3, 0.4) is 0 Å². The van der Waals surface area contributed by atoms with Crippen molar-refractivity contribution in [2.75, 3.05) is 11.9 Å². The molecule has 0 saturated heterocycles. The van der Waals surface area contributed by atoms with Crippen LogP contribution in [-0.4, -0.2) is 51.3 Å². The number of benzene rings is 1. The lowest BCUT2D eigenvalue weighted by atomic mass is 9.66. The smallest absolute Gasteiger partial charge is 0.270 e. The van der Waals surface area contributed by atoms with Gasteiger partial charge in [0.05, 0.1) is 24.3 Å². The van der Waals surface area contributed by atoms with Gasteiger partial charge in [0.15, 0.2) is 0 Å². The van der Waals surface area contributed by atoms with Crippen molar-refractivity contribution in [1.29, 1.82) is 0 Å². The zero-order chi connectivity index (χ0) is 32.6. The number of carbonyl (C=O) groups excluding carboxylic acids is 3. The van der Waals surface area contributed by atoms with Crippen molar-refractivity contribution in [3.63, 3.8) is 0 Å². The Labute approximate surface area is 272 Å². The monoisotopic (exact) mass is 637 g/mol. The lowest BCUT2D eigenvalue weighted by Gasteiger charge is -2.42. The summed E-state index contributed by atoms with van der Waals surface area (Å²) >= 11 is 0. The molecule has 3 atom stereocenters. The fourth-order valence-electron chi connectivity index (χ4n) is 8.02. The zero-order valence-electron chi connectivity index (χ0n) is 27.5. The first kappa shape index (κ1) is 34.1. The van der Waals surface area contributed by atoms with Crippen molar-refractivity contribution in [3.05, 3.63) is 47.5 Å². The van der Waals surface area contributed by atoms with Gasteiger partial charge >= 0.3 is 0 Å². The molecule has 0 aliphatic heterocycles. The lowest BCUT2D eigenvalue weighted by molar-refractivity contribution is -0.124. The molecule has 252 valence electrons. The van der Waals surface area contributed by atoms with E-state index in [0.717, 1.165) is 70.6 Å². The fraction of sp³-hybridized carbons (Fsp3) is 0.667. The van der Waals surface area contributed by atoms with Gasteiger partial charge in [-0.15, -0.1) is 0 Å². The van der Waals surface area contributed by atoms with Crippen LogP contribution in [0, 0.1) is 29.5 Å². The first-order valence-corrected chi connectivity index (χ1v) is 17.6. The van der Waals surface area contributed by atoms with Gasteiger partial charge in [-0.3, -0.25) is 19.1 Å². The summed E-state index contributed by atoms with van der Waals surface area (Å²) in [6, 6.07) is 5.00. The highest BCUT2D eigenvalue weighted by Crippen LogP contribution is 2.42. The molecule has 4 N–H and O–H groups in total. The van der Waals surface area contributed by atoms with E-state index < -0.39 is 23.7 Å². The maximum Gasteiger partial charge on any atom is 0.270 e. The van der Waals surface area contributed by atoms with Crippen LogP contribution in [0.15, 0.2) is 30.5 Å². The summed E-state index contributed by atoms with van der Waals surface area (Å²) in [7, 11) is 0. The van der Waals surface area contributed by atoms with E-state index in [1.807, 2.05) is 6.92 Å². The summed E-state index contributed by atoms with van der Waals surface area (Å²) in [5.41, 5.74) is 0.904. The molecule has 0 unspecified atom stereocenters. The molecule has 2 aromatic rings. The van der Waals surface area contributed by atoms with Crippen LogP contribution >= 0.6 is 0 Å². The molecular weight excluding hydrogens is 585 g/mol. The topological polar surface area (TPSA) is 125 Å². The maximum atomic E-state index is 15.6. The summed E-state index contributed by atoms with van der Waals surface area (Å²) in [4.78, 5) is 40.9. The number of aliphatic hydroxyl groups excluding tert-OH is 1. The van der Waals surface area contributed by atoms with Crippen LogP contribution in [0.2, 0.25) is 0 Å². The molecule has 3 fully saturated rings. The van der Waals surface area contributed by atoms with Crippen LogP contribution in [-0.2, 0) is 16.1 Å². The highest BCUT2D eigenvalue weighted by Gasteiger charge is 2.41. The van der Waals surface area contributed by atoms with Gasteiger partial charge in [-0.1, -0.05) is 76.7 Å². The number of amides is 3. The van der Waals surface area contributed by atoms with Crippen molar-refractivity contribution in [2.24, 2.45) is 23.7 Å². The Hall–Kier alpha value is -3.27. The van der Waals surface area contributed by atoms with Crippen LogP contribution in [0.5, 0.6) is 0 Å². The third kappa shape index (κ3) is 7.99. The van der Waals surface area contributed by atoms with E-state index in [2.05, 4.69) is 21.0 Å². The number of halogens is 1. The van der Waals surface area contributed by atoms with E-state index in [4.69, 9.17) is 0 Å². The molecule has 46 heavy (non-hydrogen) atoms. The SMILES string of the molecule is CCn1nccc1C(=O)N[C@H](C(=O)Nc1ccc([C@H](C)C(=O)N[C@@H](CO)C2CCC2)cc1F)C(C1CCCCC1)C1CCCCC1. The van der Waals surface area contributed by atoms with Gasteiger partial charge in [0.1, 0.15) is 17.6 Å². The Morgan fingerprint density at radius 2 is 1.52 bits per heavy atom. The standard InChI is InChI=1S/C36H52FN5O4/c1-3-42-31(19-20-38-42)35(45)41-33(32(25-11-6-4-7-12-25)26-13-8-5-9-14-26)36(46)39-29-18-17-27(21-28(29)37)23(2)34(44)40-30(22-43)24-15-10-16-24/h17-21,23-26,30,32-33,43H,3-16,22H2,1-2H3,(H,39,46)(H,40,44)(H,41,45)/t23-,30-,33-/m0/s1. The van der Waals surface area contributed by atoms with E-state index in [-0.39, 0.29) is 42.0 Å². The summed E-state index contributed by atoms with van der Waals surface area (Å²) in [5, 5.41) is 22.9. The van der Waals surface area contributed by atoms with Gasteiger partial charge in [-0.25, -0.2) is 4.39 Å². The Kier molecular flexibility index (Phi) is 11.9. The predicted octanol–water partition coefficient (Wildman–Crippen LogP) is 5.94. The summed E-state index contributed by atoms with van der Waals surface area (Å²) < 4.78 is 17.2. The van der Waals surface area contributed by atoms with Crippen molar-refractivity contribution in [1.82, 2.24) is 20.4 Å². The molecule has 5 rings (SSSR count).